The molecule has 0 atom stereocenters. The van der Waals surface area contributed by atoms with Crippen molar-refractivity contribution in [1.29, 1.82) is 0 Å². The second kappa shape index (κ2) is 4.48. The molecule has 1 saturated heterocycles. The van der Waals surface area contributed by atoms with Gasteiger partial charge in [-0.1, -0.05) is 0 Å². The standard InChI is InChI=1S/C9H13IN4O/c1-13-6-7(10)8(12-13)9(15)14-4-2-11-3-5-14/h6,11H,2-5H2,1H3. The molecule has 1 aromatic heterocycles. The molecule has 6 heteroatoms. The fourth-order valence-electron chi connectivity index (χ4n) is 1.62. The van der Waals surface area contributed by atoms with Crippen LogP contribution in [0.5, 0.6) is 0 Å². The van der Waals surface area contributed by atoms with Gasteiger partial charge in [0.1, 0.15) is 0 Å². The Morgan fingerprint density at radius 3 is 2.73 bits per heavy atom. The predicted molar refractivity (Wildman–Crippen MR) is 64.7 cm³/mol. The molecule has 15 heavy (non-hydrogen) atoms. The first-order chi connectivity index (χ1) is 7.18. The fourth-order valence-corrected chi connectivity index (χ4v) is 2.36. The highest BCUT2D eigenvalue weighted by molar-refractivity contribution is 14.1. The van der Waals surface area contributed by atoms with Gasteiger partial charge < -0.3 is 10.2 Å². The van der Waals surface area contributed by atoms with Gasteiger partial charge in [0.15, 0.2) is 5.69 Å². The van der Waals surface area contributed by atoms with E-state index in [9.17, 15) is 4.79 Å². The van der Waals surface area contributed by atoms with Crippen LogP contribution in [0.1, 0.15) is 10.5 Å². The summed E-state index contributed by atoms with van der Waals surface area (Å²) in [5, 5.41) is 7.40. The Labute approximate surface area is 102 Å². The summed E-state index contributed by atoms with van der Waals surface area (Å²) in [7, 11) is 1.83. The smallest absolute Gasteiger partial charge is 0.275 e. The number of nitrogens with zero attached hydrogens (tertiary/aromatic N) is 3. The van der Waals surface area contributed by atoms with Gasteiger partial charge in [-0.05, 0) is 22.6 Å². The Hall–Kier alpha value is -0.630. The lowest BCUT2D eigenvalue weighted by Gasteiger charge is -2.26. The number of hydrogen-bond acceptors (Lipinski definition) is 3. The molecule has 2 rings (SSSR count). The molecule has 1 aliphatic heterocycles. The number of carbonyl (C=O) groups is 1. The van der Waals surface area contributed by atoms with Crippen molar-refractivity contribution in [2.24, 2.45) is 7.05 Å². The summed E-state index contributed by atoms with van der Waals surface area (Å²) in [6, 6.07) is 0. The minimum absolute atomic E-state index is 0.0431. The highest BCUT2D eigenvalue weighted by Crippen LogP contribution is 2.12. The molecular formula is C9H13IN4O. The van der Waals surface area contributed by atoms with Crippen molar-refractivity contribution in [3.05, 3.63) is 15.5 Å². The Bertz CT molecular complexity index is 370. The second-order valence-corrected chi connectivity index (χ2v) is 4.70. The molecule has 1 amide bonds. The van der Waals surface area contributed by atoms with Gasteiger partial charge in [0.25, 0.3) is 5.91 Å². The van der Waals surface area contributed by atoms with E-state index in [1.54, 1.807) is 4.68 Å². The van der Waals surface area contributed by atoms with E-state index < -0.39 is 0 Å². The van der Waals surface area contributed by atoms with Crippen LogP contribution >= 0.6 is 22.6 Å². The van der Waals surface area contributed by atoms with Crippen LogP contribution < -0.4 is 5.32 Å². The molecule has 0 radical (unpaired) electrons. The Morgan fingerprint density at radius 2 is 2.20 bits per heavy atom. The van der Waals surface area contributed by atoms with E-state index in [1.165, 1.54) is 0 Å². The maximum atomic E-state index is 12.1. The van der Waals surface area contributed by atoms with Crippen LogP contribution in [0.15, 0.2) is 6.20 Å². The van der Waals surface area contributed by atoms with Gasteiger partial charge in [0.05, 0.1) is 3.57 Å². The van der Waals surface area contributed by atoms with E-state index in [-0.39, 0.29) is 5.91 Å². The number of aryl methyl sites for hydroxylation is 1. The summed E-state index contributed by atoms with van der Waals surface area (Å²) in [5.74, 6) is 0.0431. The first kappa shape index (κ1) is 10.9. The highest BCUT2D eigenvalue weighted by atomic mass is 127. The number of piperazine rings is 1. The Balaban J connectivity index is 2.16. The van der Waals surface area contributed by atoms with Gasteiger partial charge in [-0.3, -0.25) is 9.48 Å². The van der Waals surface area contributed by atoms with Crippen LogP contribution in [0.2, 0.25) is 0 Å². The Kier molecular flexibility index (Phi) is 3.25. The van der Waals surface area contributed by atoms with Gasteiger partial charge in [-0.2, -0.15) is 5.10 Å². The Morgan fingerprint density at radius 1 is 1.53 bits per heavy atom. The van der Waals surface area contributed by atoms with Gasteiger partial charge in [0, 0.05) is 39.4 Å². The zero-order valence-corrected chi connectivity index (χ0v) is 10.7. The molecule has 0 spiro atoms. The van der Waals surface area contributed by atoms with Crippen molar-refractivity contribution in [1.82, 2.24) is 20.0 Å². The summed E-state index contributed by atoms with van der Waals surface area (Å²) >= 11 is 2.15. The molecule has 1 aromatic rings. The molecule has 0 bridgehead atoms. The van der Waals surface area contributed by atoms with Crippen molar-refractivity contribution in [2.45, 2.75) is 0 Å². The number of nitrogens with one attached hydrogen (secondary N) is 1. The SMILES string of the molecule is Cn1cc(I)c(C(=O)N2CCNCC2)n1. The van der Waals surface area contributed by atoms with E-state index in [4.69, 9.17) is 0 Å². The van der Waals surface area contributed by atoms with Crippen molar-refractivity contribution >= 4 is 28.5 Å². The summed E-state index contributed by atoms with van der Waals surface area (Å²) < 4.78 is 2.59. The van der Waals surface area contributed by atoms with E-state index in [0.717, 1.165) is 29.7 Å². The molecule has 1 fully saturated rings. The largest absolute Gasteiger partial charge is 0.335 e. The number of halogens is 1. The van der Waals surface area contributed by atoms with E-state index in [0.29, 0.717) is 5.69 Å². The summed E-state index contributed by atoms with van der Waals surface area (Å²) in [4.78, 5) is 13.9. The van der Waals surface area contributed by atoms with Crippen LogP contribution in [0.25, 0.3) is 0 Å². The van der Waals surface area contributed by atoms with Crippen LogP contribution in [-0.2, 0) is 7.05 Å². The fraction of sp³-hybridized carbons (Fsp3) is 0.556. The number of carbonyl (C=O) groups excluding carboxylic acids is 1. The lowest BCUT2D eigenvalue weighted by Crippen LogP contribution is -2.46. The number of amides is 1. The molecule has 0 unspecified atom stereocenters. The van der Waals surface area contributed by atoms with Gasteiger partial charge >= 0.3 is 0 Å². The lowest BCUT2D eigenvalue weighted by atomic mass is 10.3. The van der Waals surface area contributed by atoms with E-state index in [2.05, 4.69) is 33.0 Å². The number of rotatable bonds is 1. The third-order valence-electron chi connectivity index (χ3n) is 2.39. The molecule has 0 aliphatic carbocycles. The van der Waals surface area contributed by atoms with Crippen LogP contribution in [0, 0.1) is 3.57 Å². The summed E-state index contributed by atoms with van der Waals surface area (Å²) in [6.07, 6.45) is 1.86. The maximum absolute atomic E-state index is 12.1. The van der Waals surface area contributed by atoms with Crippen LogP contribution in [0.4, 0.5) is 0 Å². The predicted octanol–water partition coefficient (Wildman–Crippen LogP) is 0.0701. The van der Waals surface area contributed by atoms with Gasteiger partial charge in [-0.25, -0.2) is 0 Å². The van der Waals surface area contributed by atoms with E-state index >= 15 is 0 Å². The summed E-state index contributed by atoms with van der Waals surface area (Å²) in [6.45, 7) is 3.28. The summed E-state index contributed by atoms with van der Waals surface area (Å²) in [5.41, 5.74) is 0.569. The van der Waals surface area contributed by atoms with E-state index in [1.807, 2.05) is 18.1 Å². The minimum Gasteiger partial charge on any atom is -0.335 e. The molecular weight excluding hydrogens is 307 g/mol. The number of hydrogen-bond donors (Lipinski definition) is 1. The van der Waals surface area contributed by atoms with Crippen molar-refractivity contribution in [3.8, 4) is 0 Å². The first-order valence-corrected chi connectivity index (χ1v) is 5.95. The normalized spacial score (nSPS) is 16.8. The first-order valence-electron chi connectivity index (χ1n) is 4.87. The number of aromatic nitrogens is 2. The molecule has 2 heterocycles. The quantitative estimate of drug-likeness (QED) is 0.745. The molecule has 5 nitrogen and oxygen atoms in total. The molecule has 1 N–H and O–H groups in total. The zero-order valence-electron chi connectivity index (χ0n) is 8.53. The highest BCUT2D eigenvalue weighted by Gasteiger charge is 2.22. The zero-order chi connectivity index (χ0) is 10.8. The van der Waals surface area contributed by atoms with Crippen LogP contribution in [-0.4, -0.2) is 46.8 Å². The van der Waals surface area contributed by atoms with Gasteiger partial charge in [0.2, 0.25) is 0 Å². The van der Waals surface area contributed by atoms with Crippen molar-refractivity contribution < 1.29 is 4.79 Å². The molecule has 0 aromatic carbocycles. The van der Waals surface area contributed by atoms with Crippen LogP contribution in [0.3, 0.4) is 0 Å². The molecule has 82 valence electrons. The van der Waals surface area contributed by atoms with Crippen molar-refractivity contribution in [2.75, 3.05) is 26.2 Å². The topological polar surface area (TPSA) is 50.2 Å². The second-order valence-electron chi connectivity index (χ2n) is 3.54. The van der Waals surface area contributed by atoms with Gasteiger partial charge in [-0.15, -0.1) is 0 Å². The average Bonchev–Trinajstić information content (AvgIpc) is 2.58. The minimum atomic E-state index is 0.0431. The maximum Gasteiger partial charge on any atom is 0.275 e. The molecule has 1 aliphatic rings. The lowest BCUT2D eigenvalue weighted by molar-refractivity contribution is 0.0728. The third kappa shape index (κ3) is 2.31. The third-order valence-corrected chi connectivity index (χ3v) is 3.18. The van der Waals surface area contributed by atoms with Crippen molar-refractivity contribution in [3.63, 3.8) is 0 Å². The monoisotopic (exact) mass is 320 g/mol. The average molecular weight is 320 g/mol. The molecule has 0 saturated carbocycles.